The summed E-state index contributed by atoms with van der Waals surface area (Å²) in [6.07, 6.45) is 6.83. The van der Waals surface area contributed by atoms with Crippen LogP contribution in [0.1, 0.15) is 26.3 Å². The third kappa shape index (κ3) is 4.85. The van der Waals surface area contributed by atoms with E-state index in [-0.39, 0.29) is 25.5 Å². The zero-order valence-electron chi connectivity index (χ0n) is 23.6. The summed E-state index contributed by atoms with van der Waals surface area (Å²) in [5.41, 5.74) is 8.63. The second kappa shape index (κ2) is 11.1. The summed E-state index contributed by atoms with van der Waals surface area (Å²) in [6, 6.07) is 38.2. The largest absolute Gasteiger partial charge is 0.335 e. The van der Waals surface area contributed by atoms with Crippen LogP contribution >= 0.6 is 0 Å². The van der Waals surface area contributed by atoms with Crippen molar-refractivity contribution in [3.8, 4) is 22.5 Å². The second-order valence-electron chi connectivity index (χ2n) is 11.2. The van der Waals surface area contributed by atoms with Crippen molar-refractivity contribution >= 4 is 38.2 Å². The van der Waals surface area contributed by atoms with Crippen LogP contribution in [0.2, 0.25) is 0 Å². The number of fused-ring (bicyclic) bond motifs is 6. The van der Waals surface area contributed by atoms with Crippen molar-refractivity contribution < 1.29 is 20.1 Å². The van der Waals surface area contributed by atoms with E-state index in [1.54, 1.807) is 6.20 Å². The van der Waals surface area contributed by atoms with Gasteiger partial charge in [0.25, 0.3) is 0 Å². The number of nitrogens with zero attached hydrogens (tertiary/aromatic N) is 4. The molecule has 0 atom stereocenters. The number of hydrogen-bond acceptors (Lipinski definition) is 3. The van der Waals surface area contributed by atoms with Gasteiger partial charge in [-0.05, 0) is 64.3 Å². The maximum Gasteiger partial charge on any atom is 0.0604 e. The number of benzene rings is 3. The van der Waals surface area contributed by atoms with Crippen LogP contribution in [0.4, 0.5) is 0 Å². The van der Waals surface area contributed by atoms with Gasteiger partial charge in [-0.1, -0.05) is 68.6 Å². The molecule has 0 aliphatic heterocycles. The van der Waals surface area contributed by atoms with Gasteiger partial charge >= 0.3 is 0 Å². The zero-order chi connectivity index (χ0) is 28.0. The van der Waals surface area contributed by atoms with Crippen LogP contribution in [-0.4, -0.2) is 19.4 Å². The first-order valence-electron chi connectivity index (χ1n) is 13.8. The van der Waals surface area contributed by atoms with Gasteiger partial charge in [0, 0.05) is 48.8 Å². The smallest absolute Gasteiger partial charge is 0.0604 e. The monoisotopic (exact) mass is 721 g/mol. The molecule has 1 radical (unpaired) electrons. The first kappa shape index (κ1) is 27.7. The minimum Gasteiger partial charge on any atom is -0.335 e. The summed E-state index contributed by atoms with van der Waals surface area (Å²) in [6.45, 7) is 6.81. The molecule has 4 nitrogen and oxygen atoms in total. The third-order valence-corrected chi connectivity index (χ3v) is 7.54. The Labute approximate surface area is 258 Å². The fourth-order valence-electron chi connectivity index (χ4n) is 5.47. The Bertz CT molecular complexity index is 2080. The van der Waals surface area contributed by atoms with Crippen LogP contribution in [0, 0.1) is 12.3 Å². The molecule has 8 rings (SSSR count). The van der Waals surface area contributed by atoms with Gasteiger partial charge in [-0.2, -0.15) is 0 Å². The van der Waals surface area contributed by atoms with Crippen molar-refractivity contribution in [2.24, 2.45) is 0 Å². The summed E-state index contributed by atoms with van der Waals surface area (Å²) in [7, 11) is 0. The molecular weight excluding hydrogens is 693 g/mol. The molecular formula is C37H28IrN4-2. The second-order valence-corrected chi connectivity index (χ2v) is 11.2. The van der Waals surface area contributed by atoms with Gasteiger partial charge in [0.2, 0.25) is 0 Å². The van der Waals surface area contributed by atoms with Gasteiger partial charge in [-0.25, -0.2) is 0 Å². The molecule has 42 heavy (non-hydrogen) atoms. The van der Waals surface area contributed by atoms with Crippen molar-refractivity contribution in [3.05, 3.63) is 133 Å². The quantitative estimate of drug-likeness (QED) is 0.168. The topological polar surface area (TPSA) is 43.1 Å². The van der Waals surface area contributed by atoms with E-state index in [4.69, 9.17) is 4.98 Å². The van der Waals surface area contributed by atoms with Crippen molar-refractivity contribution in [2.75, 3.05) is 0 Å². The van der Waals surface area contributed by atoms with Gasteiger partial charge < -0.3 is 19.4 Å². The van der Waals surface area contributed by atoms with Crippen LogP contribution in [0.25, 0.3) is 60.7 Å². The molecule has 0 N–H and O–H groups in total. The van der Waals surface area contributed by atoms with Crippen LogP contribution in [0.3, 0.4) is 0 Å². The number of aromatic nitrogens is 4. The summed E-state index contributed by atoms with van der Waals surface area (Å²) >= 11 is 0. The maximum absolute atomic E-state index is 4.79. The van der Waals surface area contributed by atoms with E-state index in [0.717, 1.165) is 33.5 Å². The molecule has 0 saturated carbocycles. The number of hydrogen-bond donors (Lipinski definition) is 0. The van der Waals surface area contributed by atoms with Crippen LogP contribution < -0.4 is 0 Å². The normalized spacial score (nSPS) is 11.5. The first-order valence-corrected chi connectivity index (χ1v) is 13.8. The molecule has 5 aromatic heterocycles. The van der Waals surface area contributed by atoms with E-state index < -0.39 is 0 Å². The Morgan fingerprint density at radius 2 is 1.29 bits per heavy atom. The Hall–Kier alpha value is -4.44. The summed E-state index contributed by atoms with van der Waals surface area (Å²) in [5, 5.41) is 4.97. The van der Waals surface area contributed by atoms with E-state index in [1.807, 2.05) is 66.9 Å². The number of pyridine rings is 3. The Balaban J connectivity index is 0.000000205. The minimum atomic E-state index is 0. The van der Waals surface area contributed by atoms with Crippen molar-refractivity contribution in [3.63, 3.8) is 0 Å². The van der Waals surface area contributed by atoms with E-state index in [2.05, 4.69) is 89.9 Å². The first-order chi connectivity index (χ1) is 20.0. The molecule has 8 aromatic rings. The molecule has 3 aromatic carbocycles. The van der Waals surface area contributed by atoms with E-state index in [9.17, 15) is 0 Å². The van der Waals surface area contributed by atoms with Gasteiger partial charge in [-0.15, -0.1) is 47.5 Å². The SMILES string of the molecule is CC(C)(C)c1cc2c3ccccc3n3c4n[c-]c(-c5ccccn5)cc4c(c1)c23.[Ir].[c-]1ccccc1-c1ccccn1. The number of para-hydroxylation sites is 1. The van der Waals surface area contributed by atoms with Crippen molar-refractivity contribution in [2.45, 2.75) is 26.2 Å². The molecule has 207 valence electrons. The molecule has 0 fully saturated rings. The Morgan fingerprint density at radius 3 is 1.93 bits per heavy atom. The van der Waals surface area contributed by atoms with Crippen LogP contribution in [0.15, 0.2) is 116 Å². The molecule has 0 bridgehead atoms. The molecule has 0 saturated heterocycles. The molecule has 0 amide bonds. The standard InChI is InChI=1S/C26H20N3.C11H8N.Ir/c1-26(2,3)17-13-19-18-8-4-5-10-23(18)29-24(19)20(14-17)21-12-16(15-28-25(21)29)22-9-6-7-11-27-22;1-2-6-10(7-3-1)11-8-4-5-9-12-11;/h4-14H,1-3H3;1-6,8-9H;/q2*-1;. The maximum atomic E-state index is 4.79. The summed E-state index contributed by atoms with van der Waals surface area (Å²) < 4.78 is 2.29. The predicted octanol–water partition coefficient (Wildman–Crippen LogP) is 8.94. The summed E-state index contributed by atoms with van der Waals surface area (Å²) in [5.74, 6) is 0. The Morgan fingerprint density at radius 1 is 0.643 bits per heavy atom. The molecule has 0 spiro atoms. The van der Waals surface area contributed by atoms with Crippen molar-refractivity contribution in [1.29, 1.82) is 0 Å². The molecule has 5 heteroatoms. The fourth-order valence-corrected chi connectivity index (χ4v) is 5.47. The van der Waals surface area contributed by atoms with Gasteiger partial charge in [-0.3, -0.25) is 0 Å². The van der Waals surface area contributed by atoms with Gasteiger partial charge in [0.05, 0.1) is 11.2 Å². The van der Waals surface area contributed by atoms with Crippen LogP contribution in [0.5, 0.6) is 0 Å². The van der Waals surface area contributed by atoms with E-state index in [1.165, 1.54) is 32.8 Å². The third-order valence-electron chi connectivity index (χ3n) is 7.54. The van der Waals surface area contributed by atoms with E-state index >= 15 is 0 Å². The van der Waals surface area contributed by atoms with Crippen molar-refractivity contribution in [1.82, 2.24) is 19.4 Å². The predicted molar refractivity (Wildman–Crippen MR) is 168 cm³/mol. The number of rotatable bonds is 2. The molecule has 0 aliphatic carbocycles. The van der Waals surface area contributed by atoms with E-state index in [0.29, 0.717) is 0 Å². The van der Waals surface area contributed by atoms with Gasteiger partial charge in [0.15, 0.2) is 0 Å². The molecule has 0 unspecified atom stereocenters. The van der Waals surface area contributed by atoms with Gasteiger partial charge in [0.1, 0.15) is 0 Å². The average molecular weight is 721 g/mol. The van der Waals surface area contributed by atoms with Crippen LogP contribution in [-0.2, 0) is 25.5 Å². The molecule has 5 heterocycles. The fraction of sp³-hybridized carbons (Fsp3) is 0.108. The summed E-state index contributed by atoms with van der Waals surface area (Å²) in [4.78, 5) is 13.5. The Kier molecular flexibility index (Phi) is 7.32. The molecule has 0 aliphatic rings. The zero-order valence-corrected chi connectivity index (χ0v) is 26.0. The average Bonchev–Trinajstić information content (AvgIpc) is 3.53. The minimum absolute atomic E-state index is 0.